The van der Waals surface area contributed by atoms with Crippen molar-refractivity contribution in [2.24, 2.45) is 0 Å². The van der Waals surface area contributed by atoms with E-state index in [1.807, 2.05) is 25.1 Å². The summed E-state index contributed by atoms with van der Waals surface area (Å²) in [5.74, 6) is 0.361. The number of nitrogens with zero attached hydrogens (tertiary/aromatic N) is 2. The molecule has 0 amide bonds. The Morgan fingerprint density at radius 2 is 2.13 bits per heavy atom. The Morgan fingerprint density at radius 3 is 2.70 bits per heavy atom. The Hall–Kier alpha value is -2.53. The number of carbonyl (C=O) groups is 1. The SMILES string of the molecule is C/C(=C/C(O)=C(\C)c1ccc(-n2cc(Cl)cn2)cc1C)OC=O. The van der Waals surface area contributed by atoms with E-state index in [0.717, 1.165) is 16.8 Å². The van der Waals surface area contributed by atoms with E-state index >= 15 is 0 Å². The molecule has 0 atom stereocenters. The van der Waals surface area contributed by atoms with Crippen LogP contribution in [0.15, 0.2) is 48.2 Å². The zero-order valence-electron chi connectivity index (χ0n) is 13.1. The average Bonchev–Trinajstić information content (AvgIpc) is 2.93. The van der Waals surface area contributed by atoms with Gasteiger partial charge in [-0.1, -0.05) is 17.7 Å². The number of ether oxygens (including phenoxy) is 1. The van der Waals surface area contributed by atoms with Crippen LogP contribution in [-0.4, -0.2) is 21.4 Å². The van der Waals surface area contributed by atoms with Crippen molar-refractivity contribution >= 4 is 23.6 Å². The Kier molecular flexibility index (Phi) is 5.24. The van der Waals surface area contributed by atoms with Crippen molar-refractivity contribution in [1.82, 2.24) is 9.78 Å². The Morgan fingerprint density at radius 1 is 1.39 bits per heavy atom. The lowest BCUT2D eigenvalue weighted by atomic mass is 10.00. The molecule has 0 spiro atoms. The highest BCUT2D eigenvalue weighted by atomic mass is 35.5. The number of benzene rings is 1. The van der Waals surface area contributed by atoms with Crippen molar-refractivity contribution in [2.75, 3.05) is 0 Å². The van der Waals surface area contributed by atoms with Gasteiger partial charge in [0, 0.05) is 12.3 Å². The number of hydrogen-bond acceptors (Lipinski definition) is 4. The molecule has 0 fully saturated rings. The minimum atomic E-state index is 0.0438. The van der Waals surface area contributed by atoms with Gasteiger partial charge in [-0.15, -0.1) is 0 Å². The second-order valence-corrected chi connectivity index (χ2v) is 5.52. The number of hydrogen-bond donors (Lipinski definition) is 1. The minimum absolute atomic E-state index is 0.0438. The molecule has 1 heterocycles. The zero-order chi connectivity index (χ0) is 17.0. The number of aliphatic hydroxyl groups excluding tert-OH is 1. The molecule has 6 heteroatoms. The van der Waals surface area contributed by atoms with Gasteiger partial charge >= 0.3 is 0 Å². The zero-order valence-corrected chi connectivity index (χ0v) is 13.8. The van der Waals surface area contributed by atoms with Crippen LogP contribution in [0.2, 0.25) is 5.02 Å². The van der Waals surface area contributed by atoms with Gasteiger partial charge in [0.05, 0.1) is 16.9 Å². The summed E-state index contributed by atoms with van der Waals surface area (Å²) in [6.45, 7) is 5.66. The molecule has 23 heavy (non-hydrogen) atoms. The van der Waals surface area contributed by atoms with Crippen LogP contribution in [0.5, 0.6) is 0 Å². The van der Waals surface area contributed by atoms with Crippen LogP contribution in [-0.2, 0) is 9.53 Å². The lowest BCUT2D eigenvalue weighted by molar-refractivity contribution is -0.124. The maximum Gasteiger partial charge on any atom is 0.298 e. The average molecular weight is 333 g/mol. The molecule has 0 aliphatic heterocycles. The number of rotatable bonds is 5. The molecule has 0 radical (unpaired) electrons. The molecule has 0 bridgehead atoms. The first kappa shape index (κ1) is 16.8. The highest BCUT2D eigenvalue weighted by Gasteiger charge is 2.08. The normalized spacial score (nSPS) is 12.8. The monoisotopic (exact) mass is 332 g/mol. The summed E-state index contributed by atoms with van der Waals surface area (Å²) in [7, 11) is 0. The van der Waals surface area contributed by atoms with Crippen molar-refractivity contribution in [3.63, 3.8) is 0 Å². The van der Waals surface area contributed by atoms with Crippen molar-refractivity contribution in [2.45, 2.75) is 20.8 Å². The molecule has 0 aliphatic carbocycles. The van der Waals surface area contributed by atoms with E-state index in [2.05, 4.69) is 9.84 Å². The maximum atomic E-state index is 10.3. The highest BCUT2D eigenvalue weighted by molar-refractivity contribution is 6.30. The van der Waals surface area contributed by atoms with Crippen LogP contribution in [0.4, 0.5) is 0 Å². The van der Waals surface area contributed by atoms with Gasteiger partial charge in [-0.05, 0) is 49.6 Å². The largest absolute Gasteiger partial charge is 0.508 e. The van der Waals surface area contributed by atoms with Crippen LogP contribution in [0.25, 0.3) is 11.3 Å². The Bertz CT molecular complexity index is 791. The van der Waals surface area contributed by atoms with Gasteiger partial charge in [-0.2, -0.15) is 5.10 Å². The van der Waals surface area contributed by atoms with Gasteiger partial charge in [0.2, 0.25) is 0 Å². The van der Waals surface area contributed by atoms with Crippen LogP contribution in [0, 0.1) is 6.92 Å². The smallest absolute Gasteiger partial charge is 0.298 e. The number of aliphatic hydroxyl groups is 1. The molecule has 1 aromatic carbocycles. The third kappa shape index (κ3) is 4.02. The predicted molar refractivity (Wildman–Crippen MR) is 89.4 cm³/mol. The Balaban J connectivity index is 2.37. The first-order valence-electron chi connectivity index (χ1n) is 6.92. The molecule has 0 saturated heterocycles. The van der Waals surface area contributed by atoms with Gasteiger partial charge in [-0.25, -0.2) is 4.68 Å². The summed E-state index contributed by atoms with van der Waals surface area (Å²) < 4.78 is 6.35. The van der Waals surface area contributed by atoms with E-state index in [9.17, 15) is 9.90 Å². The topological polar surface area (TPSA) is 64.3 Å². The lowest BCUT2D eigenvalue weighted by Crippen LogP contribution is -1.97. The summed E-state index contributed by atoms with van der Waals surface area (Å²) in [6, 6.07) is 5.74. The van der Waals surface area contributed by atoms with Crippen molar-refractivity contribution in [1.29, 1.82) is 0 Å². The number of allylic oxidation sites excluding steroid dienone is 3. The quantitative estimate of drug-likeness (QED) is 0.506. The van der Waals surface area contributed by atoms with E-state index in [1.54, 1.807) is 30.9 Å². The number of aromatic nitrogens is 2. The second kappa shape index (κ2) is 7.15. The van der Waals surface area contributed by atoms with Crippen LogP contribution in [0.3, 0.4) is 0 Å². The predicted octanol–water partition coefficient (Wildman–Crippen LogP) is 4.20. The van der Waals surface area contributed by atoms with E-state index in [1.165, 1.54) is 6.08 Å². The fourth-order valence-electron chi connectivity index (χ4n) is 2.20. The fourth-order valence-corrected chi connectivity index (χ4v) is 2.34. The second-order valence-electron chi connectivity index (χ2n) is 5.08. The standard InChI is InChI=1S/C17H17ClN2O3/c1-11-6-15(20-9-14(18)8-19-20)4-5-16(11)13(3)17(22)7-12(2)23-10-21/h4-10,22H,1-3H3/b12-7-,17-13-. The Labute approximate surface area is 139 Å². The number of halogens is 1. The molecule has 0 saturated carbocycles. The van der Waals surface area contributed by atoms with E-state index < -0.39 is 0 Å². The number of aryl methyl sites for hydroxylation is 1. The van der Waals surface area contributed by atoms with Crippen LogP contribution < -0.4 is 0 Å². The van der Waals surface area contributed by atoms with Gasteiger partial charge in [0.15, 0.2) is 0 Å². The van der Waals surface area contributed by atoms with Crippen molar-refractivity contribution in [3.8, 4) is 5.69 Å². The first-order chi connectivity index (χ1) is 10.9. The van der Waals surface area contributed by atoms with Crippen molar-refractivity contribution in [3.05, 3.63) is 64.3 Å². The highest BCUT2D eigenvalue weighted by Crippen LogP contribution is 2.24. The molecule has 5 nitrogen and oxygen atoms in total. The van der Waals surface area contributed by atoms with E-state index in [-0.39, 0.29) is 5.76 Å². The molecule has 1 aromatic heterocycles. The molecule has 0 aliphatic rings. The summed E-state index contributed by atoms with van der Waals surface area (Å²) >= 11 is 5.88. The van der Waals surface area contributed by atoms with Crippen LogP contribution >= 0.6 is 11.6 Å². The number of carbonyl (C=O) groups excluding carboxylic acids is 1. The molecule has 2 aromatic rings. The van der Waals surface area contributed by atoms with Crippen LogP contribution in [0.1, 0.15) is 25.0 Å². The van der Waals surface area contributed by atoms with Crippen molar-refractivity contribution < 1.29 is 14.6 Å². The first-order valence-corrected chi connectivity index (χ1v) is 7.30. The fraction of sp³-hybridized carbons (Fsp3) is 0.176. The summed E-state index contributed by atoms with van der Waals surface area (Å²) in [4.78, 5) is 10.3. The van der Waals surface area contributed by atoms with E-state index in [0.29, 0.717) is 22.8 Å². The molecule has 2 rings (SSSR count). The summed E-state index contributed by atoms with van der Waals surface area (Å²) in [5, 5.41) is 14.9. The summed E-state index contributed by atoms with van der Waals surface area (Å²) in [6.07, 6.45) is 4.70. The molecular weight excluding hydrogens is 316 g/mol. The van der Waals surface area contributed by atoms with Gasteiger partial charge < -0.3 is 9.84 Å². The lowest BCUT2D eigenvalue weighted by Gasteiger charge is -2.10. The molecule has 120 valence electrons. The van der Waals surface area contributed by atoms with Gasteiger partial charge in [-0.3, -0.25) is 4.79 Å². The maximum absolute atomic E-state index is 10.3. The minimum Gasteiger partial charge on any atom is -0.508 e. The molecule has 0 unspecified atom stereocenters. The third-order valence-electron chi connectivity index (χ3n) is 3.39. The molecule has 1 N–H and O–H groups in total. The third-order valence-corrected chi connectivity index (χ3v) is 3.58. The van der Waals surface area contributed by atoms with Gasteiger partial charge in [0.1, 0.15) is 11.5 Å². The summed E-state index contributed by atoms with van der Waals surface area (Å²) in [5.41, 5.74) is 3.42. The van der Waals surface area contributed by atoms with Gasteiger partial charge in [0.25, 0.3) is 6.47 Å². The van der Waals surface area contributed by atoms with E-state index in [4.69, 9.17) is 11.6 Å². The molecular formula is C17H17ClN2O3.